The van der Waals surface area contributed by atoms with E-state index in [0.717, 1.165) is 11.4 Å². The predicted molar refractivity (Wildman–Crippen MR) is 162 cm³/mol. The SMILES string of the molecule is O=c1[nH]nc(Cl)c2cc(NCc3ccccc3)ccc12.O=c1[nH]nc(Cl)c2ccc(NCc3ccccc3)cc12. The Labute approximate surface area is 239 Å². The quantitative estimate of drug-likeness (QED) is 0.185. The number of nitrogens with zero attached hydrogens (tertiary/aromatic N) is 2. The van der Waals surface area contributed by atoms with Crippen molar-refractivity contribution in [3.8, 4) is 0 Å². The fourth-order valence-corrected chi connectivity index (χ4v) is 4.49. The summed E-state index contributed by atoms with van der Waals surface area (Å²) in [7, 11) is 0. The smallest absolute Gasteiger partial charge is 0.272 e. The van der Waals surface area contributed by atoms with Gasteiger partial charge in [-0.3, -0.25) is 9.59 Å². The van der Waals surface area contributed by atoms with E-state index < -0.39 is 0 Å². The molecule has 2 heterocycles. The number of halogens is 2. The average molecular weight is 571 g/mol. The molecular weight excluding hydrogens is 547 g/mol. The van der Waals surface area contributed by atoms with E-state index in [2.05, 4.69) is 31.0 Å². The average Bonchev–Trinajstić information content (AvgIpc) is 3.00. The third-order valence-corrected chi connectivity index (χ3v) is 6.74. The second-order valence-corrected chi connectivity index (χ2v) is 9.60. The summed E-state index contributed by atoms with van der Waals surface area (Å²) in [5.41, 5.74) is 3.65. The van der Waals surface area contributed by atoms with Crippen LogP contribution in [0.3, 0.4) is 0 Å². The monoisotopic (exact) mass is 570 g/mol. The van der Waals surface area contributed by atoms with Crippen LogP contribution < -0.4 is 21.8 Å². The molecule has 8 nitrogen and oxygen atoms in total. The number of hydrogen-bond donors (Lipinski definition) is 4. The minimum absolute atomic E-state index is 0.237. The van der Waals surface area contributed by atoms with Crippen LogP contribution in [0.1, 0.15) is 11.1 Å². The van der Waals surface area contributed by atoms with Crippen LogP contribution in [-0.2, 0) is 13.1 Å². The maximum Gasteiger partial charge on any atom is 0.272 e. The van der Waals surface area contributed by atoms with Crippen LogP contribution in [0.5, 0.6) is 0 Å². The molecule has 4 aromatic carbocycles. The number of aromatic nitrogens is 4. The van der Waals surface area contributed by atoms with E-state index in [0.29, 0.717) is 44.9 Å². The Kier molecular flexibility index (Phi) is 8.39. The third kappa shape index (κ3) is 6.48. The maximum absolute atomic E-state index is 11.8. The lowest BCUT2D eigenvalue weighted by atomic mass is 10.1. The predicted octanol–water partition coefficient (Wildman–Crippen LogP) is 6.38. The molecule has 0 aliphatic rings. The zero-order valence-electron chi connectivity index (χ0n) is 21.1. The van der Waals surface area contributed by atoms with E-state index in [4.69, 9.17) is 23.2 Å². The van der Waals surface area contributed by atoms with Crippen molar-refractivity contribution in [3.05, 3.63) is 139 Å². The number of benzene rings is 4. The van der Waals surface area contributed by atoms with Gasteiger partial charge < -0.3 is 10.6 Å². The van der Waals surface area contributed by atoms with Gasteiger partial charge in [-0.2, -0.15) is 10.2 Å². The molecule has 0 radical (unpaired) electrons. The van der Waals surface area contributed by atoms with Crippen molar-refractivity contribution in [3.63, 3.8) is 0 Å². The summed E-state index contributed by atoms with van der Waals surface area (Å²) in [5.74, 6) is 0. The maximum atomic E-state index is 11.8. The largest absolute Gasteiger partial charge is 0.381 e. The highest BCUT2D eigenvalue weighted by Gasteiger charge is 2.06. The molecule has 40 heavy (non-hydrogen) atoms. The van der Waals surface area contributed by atoms with Crippen LogP contribution in [-0.4, -0.2) is 20.4 Å². The van der Waals surface area contributed by atoms with Crippen molar-refractivity contribution in [2.75, 3.05) is 10.6 Å². The molecular formula is C30H24Cl2N6O2. The van der Waals surface area contributed by atoms with Gasteiger partial charge in [-0.25, -0.2) is 10.2 Å². The Morgan fingerprint density at radius 1 is 0.550 bits per heavy atom. The molecule has 0 saturated carbocycles. The normalized spacial score (nSPS) is 10.7. The first-order valence-corrected chi connectivity index (χ1v) is 13.1. The molecule has 2 aromatic heterocycles. The fraction of sp³-hybridized carbons (Fsp3) is 0.0667. The number of H-pyrrole nitrogens is 2. The van der Waals surface area contributed by atoms with E-state index >= 15 is 0 Å². The molecule has 10 heteroatoms. The van der Waals surface area contributed by atoms with Gasteiger partial charge in [-0.15, -0.1) is 0 Å². The molecule has 0 aliphatic carbocycles. The summed E-state index contributed by atoms with van der Waals surface area (Å²) in [6, 6.07) is 31.0. The van der Waals surface area contributed by atoms with Crippen molar-refractivity contribution in [2.24, 2.45) is 0 Å². The molecule has 0 amide bonds. The molecule has 6 rings (SSSR count). The van der Waals surface area contributed by atoms with Crippen LogP contribution in [0.15, 0.2) is 107 Å². The lowest BCUT2D eigenvalue weighted by Gasteiger charge is -2.08. The molecule has 0 fully saturated rings. The Morgan fingerprint density at radius 2 is 1.00 bits per heavy atom. The lowest BCUT2D eigenvalue weighted by Crippen LogP contribution is -2.09. The number of fused-ring (bicyclic) bond motifs is 2. The van der Waals surface area contributed by atoms with Crippen molar-refractivity contribution in [1.82, 2.24) is 20.4 Å². The van der Waals surface area contributed by atoms with Crippen LogP contribution >= 0.6 is 23.2 Å². The van der Waals surface area contributed by atoms with Crippen molar-refractivity contribution >= 4 is 56.1 Å². The molecule has 0 spiro atoms. The van der Waals surface area contributed by atoms with Gasteiger partial charge in [0.25, 0.3) is 11.1 Å². The van der Waals surface area contributed by atoms with E-state index in [1.807, 2.05) is 78.9 Å². The van der Waals surface area contributed by atoms with Gasteiger partial charge in [-0.05, 0) is 47.5 Å². The second-order valence-electron chi connectivity index (χ2n) is 8.89. The third-order valence-electron chi connectivity index (χ3n) is 6.16. The molecule has 0 atom stereocenters. The number of nitrogens with one attached hydrogen (secondary N) is 4. The molecule has 200 valence electrons. The van der Waals surface area contributed by atoms with Crippen LogP contribution in [0.25, 0.3) is 21.5 Å². The summed E-state index contributed by atoms with van der Waals surface area (Å²) in [4.78, 5) is 23.4. The highest BCUT2D eigenvalue weighted by Crippen LogP contribution is 2.23. The van der Waals surface area contributed by atoms with Gasteiger partial charge in [0.1, 0.15) is 0 Å². The summed E-state index contributed by atoms with van der Waals surface area (Å²) in [5, 5.41) is 21.8. The second kappa shape index (κ2) is 12.5. The number of rotatable bonds is 6. The van der Waals surface area contributed by atoms with Crippen molar-refractivity contribution < 1.29 is 0 Å². The molecule has 0 aliphatic heterocycles. The van der Waals surface area contributed by atoms with Crippen LogP contribution in [0.2, 0.25) is 10.3 Å². The summed E-state index contributed by atoms with van der Waals surface area (Å²) >= 11 is 12.0. The lowest BCUT2D eigenvalue weighted by molar-refractivity contribution is 1.01. The number of anilines is 2. The zero-order chi connectivity index (χ0) is 27.9. The molecule has 0 bridgehead atoms. The van der Waals surface area contributed by atoms with Gasteiger partial charge in [0.2, 0.25) is 0 Å². The van der Waals surface area contributed by atoms with Crippen LogP contribution in [0, 0.1) is 0 Å². The molecule has 0 unspecified atom stereocenters. The Bertz CT molecular complexity index is 1880. The van der Waals surface area contributed by atoms with Crippen molar-refractivity contribution in [2.45, 2.75) is 13.1 Å². The van der Waals surface area contributed by atoms with E-state index in [-0.39, 0.29) is 11.1 Å². The van der Waals surface area contributed by atoms with E-state index in [1.165, 1.54) is 11.1 Å². The first-order valence-electron chi connectivity index (χ1n) is 12.4. The molecule has 0 saturated heterocycles. The van der Waals surface area contributed by atoms with Gasteiger partial charge in [0, 0.05) is 35.2 Å². The first kappa shape index (κ1) is 26.9. The van der Waals surface area contributed by atoms with Gasteiger partial charge in [0.05, 0.1) is 10.8 Å². The fourth-order valence-electron chi connectivity index (χ4n) is 4.09. The van der Waals surface area contributed by atoms with Crippen LogP contribution in [0.4, 0.5) is 11.4 Å². The van der Waals surface area contributed by atoms with Gasteiger partial charge in [-0.1, -0.05) is 83.9 Å². The minimum atomic E-state index is -0.243. The Balaban J connectivity index is 0.000000161. The van der Waals surface area contributed by atoms with E-state index in [9.17, 15) is 9.59 Å². The van der Waals surface area contributed by atoms with Gasteiger partial charge in [0.15, 0.2) is 10.3 Å². The highest BCUT2D eigenvalue weighted by atomic mass is 35.5. The summed E-state index contributed by atoms with van der Waals surface area (Å²) in [6.07, 6.45) is 0. The minimum Gasteiger partial charge on any atom is -0.381 e. The molecule has 6 aromatic rings. The highest BCUT2D eigenvalue weighted by molar-refractivity contribution is 6.34. The summed E-state index contributed by atoms with van der Waals surface area (Å²) in [6.45, 7) is 1.41. The van der Waals surface area contributed by atoms with E-state index in [1.54, 1.807) is 18.2 Å². The zero-order valence-corrected chi connectivity index (χ0v) is 22.6. The standard InChI is InChI=1S/2C15H12ClN3O/c16-14-13-8-11(6-7-12(13)15(20)19-18-14)17-9-10-4-2-1-3-5-10;16-14-12-7-6-11(8-13(12)15(20)19-18-14)17-9-10-4-2-1-3-5-10/h2*1-8,17H,9H2,(H,19,20). The topological polar surface area (TPSA) is 116 Å². The Hall–Kier alpha value is -4.66. The number of hydrogen-bond acceptors (Lipinski definition) is 6. The molecule has 4 N–H and O–H groups in total. The first-order chi connectivity index (χ1) is 19.5. The van der Waals surface area contributed by atoms with Crippen molar-refractivity contribution in [1.29, 1.82) is 0 Å². The number of aromatic amines is 2. The summed E-state index contributed by atoms with van der Waals surface area (Å²) < 4.78 is 0. The Morgan fingerprint density at radius 3 is 1.55 bits per heavy atom. The van der Waals surface area contributed by atoms with Gasteiger partial charge >= 0.3 is 0 Å².